The number of benzene rings is 1. The second-order valence-electron chi connectivity index (χ2n) is 8.06. The van der Waals surface area contributed by atoms with Crippen molar-refractivity contribution in [3.63, 3.8) is 0 Å². The fourth-order valence-electron chi connectivity index (χ4n) is 3.71. The number of ether oxygens (including phenoxy) is 2. The predicted molar refractivity (Wildman–Crippen MR) is 129 cm³/mol. The molecule has 0 fully saturated rings. The van der Waals surface area contributed by atoms with Crippen LogP contribution in [0.4, 0.5) is 0 Å². The Bertz CT molecular complexity index is 859. The van der Waals surface area contributed by atoms with Gasteiger partial charge in [-0.3, -0.25) is 9.98 Å². The van der Waals surface area contributed by atoms with Crippen LogP contribution in [0.1, 0.15) is 76.3 Å². The van der Waals surface area contributed by atoms with Gasteiger partial charge in [-0.15, -0.1) is 0 Å². The minimum Gasteiger partial charge on any atom is -0.493 e. The minimum absolute atomic E-state index is 0.729. The highest BCUT2D eigenvalue weighted by Gasteiger charge is 2.15. The van der Waals surface area contributed by atoms with E-state index in [4.69, 9.17) is 14.5 Å². The molecule has 4 heteroatoms. The van der Waals surface area contributed by atoms with Gasteiger partial charge in [0.15, 0.2) is 0 Å². The number of allylic oxidation sites excluding steroid dienone is 1. The quantitative estimate of drug-likeness (QED) is 0.351. The summed E-state index contributed by atoms with van der Waals surface area (Å²) >= 11 is 0. The Kier molecular flexibility index (Phi) is 9.62. The van der Waals surface area contributed by atoms with Gasteiger partial charge >= 0.3 is 0 Å². The Labute approximate surface area is 187 Å². The van der Waals surface area contributed by atoms with Crippen LogP contribution < -0.4 is 9.47 Å². The van der Waals surface area contributed by atoms with Gasteiger partial charge in [-0.05, 0) is 61.6 Å². The lowest BCUT2D eigenvalue weighted by Gasteiger charge is -2.18. The number of rotatable bonds is 12. The van der Waals surface area contributed by atoms with Crippen LogP contribution in [-0.4, -0.2) is 30.5 Å². The van der Waals surface area contributed by atoms with Crippen molar-refractivity contribution in [1.82, 2.24) is 4.98 Å². The number of hydrogen-bond donors (Lipinski definition) is 0. The van der Waals surface area contributed by atoms with E-state index in [1.807, 2.05) is 18.3 Å². The van der Waals surface area contributed by atoms with Crippen molar-refractivity contribution in [3.05, 3.63) is 59.4 Å². The summed E-state index contributed by atoms with van der Waals surface area (Å²) in [6.45, 7) is 6.77. The Morgan fingerprint density at radius 3 is 2.52 bits per heavy atom. The van der Waals surface area contributed by atoms with Crippen molar-refractivity contribution in [1.29, 1.82) is 0 Å². The number of hydrogen-bond acceptors (Lipinski definition) is 4. The van der Waals surface area contributed by atoms with Gasteiger partial charge in [0, 0.05) is 36.1 Å². The molecule has 0 aliphatic carbocycles. The maximum absolute atomic E-state index is 6.21. The summed E-state index contributed by atoms with van der Waals surface area (Å²) in [5.74, 6) is 1.78. The van der Waals surface area contributed by atoms with Gasteiger partial charge in [-0.1, -0.05) is 39.5 Å². The summed E-state index contributed by atoms with van der Waals surface area (Å²) in [6, 6.07) is 10.3. The largest absolute Gasteiger partial charge is 0.493 e. The van der Waals surface area contributed by atoms with E-state index in [2.05, 4.69) is 43.1 Å². The first-order valence-electron chi connectivity index (χ1n) is 11.9. The highest BCUT2D eigenvalue weighted by Crippen LogP contribution is 2.30. The standard InChI is InChI=1S/C27H36N2O2/c1-3-5-7-17-30-25-14-13-22(26(20-25)31-18-8-6-4-2)19-23-11-10-16-29-27(23)24-12-9-15-28-21-24/h9,12-15,19-21H,3-8,10-11,16-18H2,1-2H3/b23-19+. The van der Waals surface area contributed by atoms with Crippen LogP contribution in [0, 0.1) is 0 Å². The molecule has 0 amide bonds. The summed E-state index contributed by atoms with van der Waals surface area (Å²) in [4.78, 5) is 9.09. The minimum atomic E-state index is 0.729. The average Bonchev–Trinajstić information content (AvgIpc) is 2.82. The summed E-state index contributed by atoms with van der Waals surface area (Å²) < 4.78 is 12.2. The number of pyridine rings is 1. The monoisotopic (exact) mass is 420 g/mol. The molecule has 0 N–H and O–H groups in total. The second kappa shape index (κ2) is 12.9. The smallest absolute Gasteiger partial charge is 0.130 e. The molecular weight excluding hydrogens is 384 g/mol. The maximum atomic E-state index is 6.21. The Balaban J connectivity index is 1.83. The SMILES string of the molecule is CCCCCOc1ccc(/C=C2\CCCN=C2c2cccnc2)c(OCCCCC)c1. The van der Waals surface area contributed by atoms with Crippen molar-refractivity contribution >= 4 is 11.8 Å². The van der Waals surface area contributed by atoms with E-state index in [9.17, 15) is 0 Å². The molecule has 0 saturated heterocycles. The lowest BCUT2D eigenvalue weighted by Crippen LogP contribution is -2.12. The lowest BCUT2D eigenvalue weighted by molar-refractivity contribution is 0.291. The number of unbranched alkanes of at least 4 members (excludes halogenated alkanes) is 4. The maximum Gasteiger partial charge on any atom is 0.130 e. The van der Waals surface area contributed by atoms with E-state index in [0.717, 1.165) is 73.8 Å². The third-order valence-electron chi connectivity index (χ3n) is 5.45. The predicted octanol–water partition coefficient (Wildman–Crippen LogP) is 6.89. The van der Waals surface area contributed by atoms with Crippen molar-refractivity contribution in [2.45, 2.75) is 65.2 Å². The van der Waals surface area contributed by atoms with Crippen LogP contribution in [0.3, 0.4) is 0 Å². The van der Waals surface area contributed by atoms with Gasteiger partial charge in [0.05, 0.1) is 18.9 Å². The molecule has 2 heterocycles. The molecule has 4 nitrogen and oxygen atoms in total. The van der Waals surface area contributed by atoms with Gasteiger partial charge in [0.25, 0.3) is 0 Å². The Morgan fingerprint density at radius 2 is 1.77 bits per heavy atom. The van der Waals surface area contributed by atoms with Crippen molar-refractivity contribution in [2.24, 2.45) is 4.99 Å². The zero-order valence-electron chi connectivity index (χ0n) is 19.1. The Hall–Kier alpha value is -2.62. The molecule has 31 heavy (non-hydrogen) atoms. The number of aliphatic imine (C=N–C) groups is 1. The van der Waals surface area contributed by atoms with Gasteiger partial charge in [0.1, 0.15) is 11.5 Å². The van der Waals surface area contributed by atoms with E-state index >= 15 is 0 Å². The molecule has 1 aromatic heterocycles. The first kappa shape index (κ1) is 23.1. The van der Waals surface area contributed by atoms with E-state index in [0.29, 0.717) is 0 Å². The zero-order valence-corrected chi connectivity index (χ0v) is 19.1. The summed E-state index contributed by atoms with van der Waals surface area (Å²) in [5, 5.41) is 0. The molecule has 3 rings (SSSR count). The van der Waals surface area contributed by atoms with Gasteiger partial charge in [-0.2, -0.15) is 0 Å². The highest BCUT2D eigenvalue weighted by molar-refractivity contribution is 6.15. The third kappa shape index (κ3) is 7.23. The van der Waals surface area contributed by atoms with Crippen LogP contribution in [0.25, 0.3) is 6.08 Å². The van der Waals surface area contributed by atoms with Gasteiger partial charge in [0.2, 0.25) is 0 Å². The van der Waals surface area contributed by atoms with E-state index in [1.54, 1.807) is 6.20 Å². The van der Waals surface area contributed by atoms with Crippen LogP contribution in [0.2, 0.25) is 0 Å². The van der Waals surface area contributed by atoms with E-state index in [1.165, 1.54) is 31.3 Å². The first-order chi connectivity index (χ1) is 15.3. The molecule has 2 aromatic rings. The summed E-state index contributed by atoms with van der Waals surface area (Å²) in [5.41, 5.74) is 4.46. The van der Waals surface area contributed by atoms with Crippen molar-refractivity contribution in [2.75, 3.05) is 19.8 Å². The van der Waals surface area contributed by atoms with Crippen LogP contribution in [-0.2, 0) is 0 Å². The lowest BCUT2D eigenvalue weighted by atomic mass is 9.94. The molecule has 0 spiro atoms. The molecule has 0 saturated carbocycles. The molecule has 1 aliphatic heterocycles. The van der Waals surface area contributed by atoms with E-state index < -0.39 is 0 Å². The van der Waals surface area contributed by atoms with Crippen LogP contribution in [0.5, 0.6) is 11.5 Å². The molecule has 0 radical (unpaired) electrons. The van der Waals surface area contributed by atoms with Gasteiger partial charge < -0.3 is 9.47 Å². The molecule has 1 aromatic carbocycles. The zero-order chi connectivity index (χ0) is 21.7. The topological polar surface area (TPSA) is 43.7 Å². The van der Waals surface area contributed by atoms with Crippen molar-refractivity contribution in [3.8, 4) is 11.5 Å². The third-order valence-corrected chi connectivity index (χ3v) is 5.45. The van der Waals surface area contributed by atoms with E-state index in [-0.39, 0.29) is 0 Å². The van der Waals surface area contributed by atoms with Gasteiger partial charge in [-0.25, -0.2) is 0 Å². The Morgan fingerprint density at radius 1 is 0.968 bits per heavy atom. The molecule has 0 unspecified atom stereocenters. The van der Waals surface area contributed by atoms with Crippen LogP contribution >= 0.6 is 0 Å². The fraction of sp³-hybridized carbons (Fsp3) is 0.481. The molecule has 166 valence electrons. The summed E-state index contributed by atoms with van der Waals surface area (Å²) in [6.07, 6.45) is 14.9. The molecule has 1 aliphatic rings. The highest BCUT2D eigenvalue weighted by atomic mass is 16.5. The first-order valence-corrected chi connectivity index (χ1v) is 11.9. The van der Waals surface area contributed by atoms with Crippen LogP contribution in [0.15, 0.2) is 53.3 Å². The average molecular weight is 421 g/mol. The summed E-state index contributed by atoms with van der Waals surface area (Å²) in [7, 11) is 0. The number of aromatic nitrogens is 1. The van der Waals surface area contributed by atoms with Crippen molar-refractivity contribution < 1.29 is 9.47 Å². The molecule has 0 atom stereocenters. The fourth-order valence-corrected chi connectivity index (χ4v) is 3.71. The molecular formula is C27H36N2O2. The normalized spacial score (nSPS) is 15.0. The number of nitrogens with zero attached hydrogens (tertiary/aromatic N) is 2. The second-order valence-corrected chi connectivity index (χ2v) is 8.06. The molecule has 0 bridgehead atoms.